The van der Waals surface area contributed by atoms with Gasteiger partial charge >= 0.3 is 23.9 Å². The summed E-state index contributed by atoms with van der Waals surface area (Å²) in [5.41, 5.74) is 2.00. The number of carbonyl (C=O) groups is 4. The Labute approximate surface area is 276 Å². The predicted octanol–water partition coefficient (Wildman–Crippen LogP) is 2.60. The van der Waals surface area contributed by atoms with Crippen LogP contribution in [0.3, 0.4) is 0 Å². The second-order valence-electron chi connectivity index (χ2n) is 9.84. The number of piperazine rings is 1. The van der Waals surface area contributed by atoms with Gasteiger partial charge in [-0.15, -0.1) is 0 Å². The molecule has 2 aliphatic heterocycles. The van der Waals surface area contributed by atoms with Crippen molar-refractivity contribution < 1.29 is 52.1 Å². The molecule has 14 nitrogen and oxygen atoms in total. The summed E-state index contributed by atoms with van der Waals surface area (Å²) in [5, 5.41) is 31.2. The molecule has 1 fully saturated rings. The van der Waals surface area contributed by atoms with E-state index in [4.69, 9.17) is 24.5 Å². The molecule has 2 heterocycles. The zero-order valence-electron chi connectivity index (χ0n) is 28.1. The van der Waals surface area contributed by atoms with Crippen LogP contribution in [0.1, 0.15) is 10.5 Å². The summed E-state index contributed by atoms with van der Waals surface area (Å²) < 4.78 is 49.4. The van der Waals surface area contributed by atoms with Crippen molar-refractivity contribution >= 4 is 57.0 Å². The third kappa shape index (κ3) is 12.3. The van der Waals surface area contributed by atoms with Gasteiger partial charge in [-0.2, -0.15) is 0 Å². The van der Waals surface area contributed by atoms with E-state index in [1.54, 1.807) is 42.9 Å². The first-order valence-corrected chi connectivity index (χ1v) is 15.9. The van der Waals surface area contributed by atoms with Gasteiger partial charge in [0.25, 0.3) is 0 Å². The van der Waals surface area contributed by atoms with Crippen LogP contribution in [0.2, 0.25) is 0 Å². The van der Waals surface area contributed by atoms with Gasteiger partial charge in [-0.1, -0.05) is 23.9 Å². The highest BCUT2D eigenvalue weighted by Gasteiger charge is 2.26. The van der Waals surface area contributed by atoms with Gasteiger partial charge in [-0.3, -0.25) is 0 Å². The van der Waals surface area contributed by atoms with E-state index in [1.807, 2.05) is 18.2 Å². The number of aliphatic carboxylic acids is 4. The molecule has 0 saturated carbocycles. The highest BCUT2D eigenvalue weighted by atomic mass is 32.2. The van der Waals surface area contributed by atoms with Gasteiger partial charge in [0, 0.05) is 85.0 Å². The van der Waals surface area contributed by atoms with Crippen molar-refractivity contribution in [3.63, 3.8) is 0 Å². The summed E-state index contributed by atoms with van der Waals surface area (Å²) in [6.45, 7) is 2.18. The van der Waals surface area contributed by atoms with Crippen LogP contribution in [0.5, 0.6) is 0 Å². The molecule has 0 aromatic heterocycles. The molecule has 2 aliphatic rings. The van der Waals surface area contributed by atoms with E-state index < -0.39 is 40.9 Å². The van der Waals surface area contributed by atoms with Crippen LogP contribution in [-0.4, -0.2) is 127 Å². The predicted molar refractivity (Wildman–Crippen MR) is 172 cm³/mol. The van der Waals surface area contributed by atoms with Crippen molar-refractivity contribution in [1.29, 1.82) is 0 Å². The first kappa shape index (κ1) is 33.2. The number of hydrogen-bond acceptors (Lipinski definition) is 10. The van der Waals surface area contributed by atoms with Crippen LogP contribution in [0.25, 0.3) is 0 Å². The number of sulfonamides is 1. The maximum absolute atomic E-state index is 12.7. The van der Waals surface area contributed by atoms with Crippen molar-refractivity contribution in [1.82, 2.24) is 14.1 Å². The molecule has 0 amide bonds. The van der Waals surface area contributed by atoms with Gasteiger partial charge in [0.2, 0.25) is 10.0 Å². The molecule has 250 valence electrons. The summed E-state index contributed by atoms with van der Waals surface area (Å²) in [7, 11) is -0.439. The Kier molecular flexibility index (Phi) is 13.0. The Hall–Kier alpha value is -4.22. The van der Waals surface area contributed by atoms with Crippen LogP contribution in [0, 0.1) is 0 Å². The van der Waals surface area contributed by atoms with E-state index >= 15 is 0 Å². The van der Waals surface area contributed by atoms with Crippen LogP contribution in [-0.2, 0) is 29.2 Å². The topological polar surface area (TPSA) is 196 Å². The number of fused-ring (bicyclic) bond motifs is 2. The van der Waals surface area contributed by atoms with Crippen LogP contribution in [0.4, 0.5) is 11.4 Å². The second kappa shape index (κ2) is 18.1. The number of likely N-dealkylation sites (N-methyl/N-ethyl adjacent to an activating group) is 1. The molecule has 0 unspecified atom stereocenters. The van der Waals surface area contributed by atoms with Crippen molar-refractivity contribution in [2.45, 2.75) is 21.1 Å². The standard InChI is InChI=1S/C22H30N4O2S2.2C4H4O4/c1-23(2)30(27,28)18-9-10-22-20(17-18)26(19-7-4-5-8-21(19)29-22)12-6-11-25-15-13-24(3)14-16-25;2*5-3(6)1-2-4(7)8/h4-5,7-10,17H,6,11-16H2,1-3H3;2*1-2H,(H,5,6)(H,7,8)/b;2*2-1+/i3D3;;. The minimum Gasteiger partial charge on any atom is -0.478 e. The lowest BCUT2D eigenvalue weighted by Gasteiger charge is -2.35. The van der Waals surface area contributed by atoms with E-state index in [0.717, 1.165) is 53.8 Å². The Bertz CT molecular complexity index is 1590. The molecule has 2 aromatic rings. The fraction of sp³-hybridized carbons (Fsp3) is 0.333. The monoisotopic (exact) mass is 681 g/mol. The minimum atomic E-state index is -3.53. The molecule has 4 rings (SSSR count). The minimum absolute atomic E-state index is 0.289. The summed E-state index contributed by atoms with van der Waals surface area (Å²) >= 11 is 1.66. The Morgan fingerprint density at radius 2 is 1.33 bits per heavy atom. The van der Waals surface area contributed by atoms with E-state index in [9.17, 15) is 27.6 Å². The van der Waals surface area contributed by atoms with E-state index in [0.29, 0.717) is 37.4 Å². The largest absolute Gasteiger partial charge is 0.478 e. The van der Waals surface area contributed by atoms with Gasteiger partial charge in [0.15, 0.2) is 0 Å². The maximum Gasteiger partial charge on any atom is 0.328 e. The average Bonchev–Trinajstić information content (AvgIpc) is 3.02. The third-order valence-electron chi connectivity index (χ3n) is 6.34. The number of para-hydroxylation sites is 1. The quantitative estimate of drug-likeness (QED) is 0.267. The summed E-state index contributed by atoms with van der Waals surface area (Å²) in [5.74, 6) is -5.03. The Morgan fingerprint density at radius 1 is 0.804 bits per heavy atom. The zero-order valence-corrected chi connectivity index (χ0v) is 26.8. The van der Waals surface area contributed by atoms with Crippen molar-refractivity contribution in [3.8, 4) is 0 Å². The number of anilines is 2. The second-order valence-corrected chi connectivity index (χ2v) is 13.1. The number of benzene rings is 2. The average molecular weight is 682 g/mol. The molecule has 0 bridgehead atoms. The van der Waals surface area contributed by atoms with E-state index in [2.05, 4.69) is 21.9 Å². The van der Waals surface area contributed by atoms with Crippen LogP contribution in [0.15, 0.2) is 81.5 Å². The third-order valence-corrected chi connectivity index (χ3v) is 9.28. The fourth-order valence-electron chi connectivity index (χ4n) is 4.13. The Balaban J connectivity index is 0.000000432. The van der Waals surface area contributed by atoms with Crippen LogP contribution >= 0.6 is 11.8 Å². The molecule has 1 saturated heterocycles. The van der Waals surface area contributed by atoms with E-state index in [1.165, 1.54) is 4.31 Å². The molecule has 0 atom stereocenters. The van der Waals surface area contributed by atoms with Gasteiger partial charge in [0.05, 0.1) is 16.3 Å². The smallest absolute Gasteiger partial charge is 0.328 e. The number of hydrogen-bond donors (Lipinski definition) is 4. The summed E-state index contributed by atoms with van der Waals surface area (Å²) in [6, 6.07) is 13.5. The number of rotatable bonds is 10. The van der Waals surface area contributed by atoms with Gasteiger partial charge in [-0.05, 0) is 50.3 Å². The molecule has 0 radical (unpaired) electrons. The zero-order chi connectivity index (χ0) is 36.9. The molecule has 4 N–H and O–H groups in total. The lowest BCUT2D eigenvalue weighted by molar-refractivity contribution is -0.134. The molecule has 46 heavy (non-hydrogen) atoms. The molecule has 0 aliphatic carbocycles. The number of carboxylic acids is 4. The van der Waals surface area contributed by atoms with Gasteiger partial charge in [-0.25, -0.2) is 31.9 Å². The molecular formula is C30H38N4O10S2. The van der Waals surface area contributed by atoms with Crippen molar-refractivity contribution in [3.05, 3.63) is 66.8 Å². The molecule has 2 aromatic carbocycles. The van der Waals surface area contributed by atoms with Crippen molar-refractivity contribution in [2.24, 2.45) is 0 Å². The van der Waals surface area contributed by atoms with E-state index in [-0.39, 0.29) is 4.90 Å². The maximum atomic E-state index is 12.7. The number of nitrogens with zero attached hydrogens (tertiary/aromatic N) is 4. The normalized spacial score (nSPS) is 16.2. The summed E-state index contributed by atoms with van der Waals surface area (Å²) in [6.07, 6.45) is 3.12. The van der Waals surface area contributed by atoms with Gasteiger partial charge < -0.3 is 35.1 Å². The highest BCUT2D eigenvalue weighted by molar-refractivity contribution is 7.99. The fourth-order valence-corrected chi connectivity index (χ4v) is 6.13. The Morgan fingerprint density at radius 3 is 1.83 bits per heavy atom. The van der Waals surface area contributed by atoms with Crippen molar-refractivity contribution in [2.75, 3.05) is 65.2 Å². The van der Waals surface area contributed by atoms with Gasteiger partial charge in [0.1, 0.15) is 0 Å². The number of carboxylic acid groups (broad SMARTS) is 4. The highest BCUT2D eigenvalue weighted by Crippen LogP contribution is 2.48. The lowest BCUT2D eigenvalue weighted by atomic mass is 10.2. The first-order valence-electron chi connectivity index (χ1n) is 15.2. The molecule has 16 heteroatoms. The first-order chi connectivity index (χ1) is 22.8. The molecular weight excluding hydrogens is 640 g/mol. The van der Waals surface area contributed by atoms with Crippen LogP contribution < -0.4 is 4.90 Å². The lowest BCUT2D eigenvalue weighted by Crippen LogP contribution is -2.45. The summed E-state index contributed by atoms with van der Waals surface area (Å²) in [4.78, 5) is 46.8. The SMILES string of the molecule is O=C(O)/C=C/C(=O)O.O=C(O)/C=C/C(=O)O.[2H]C([2H])([2H])N1CCN(CCCN2c3ccccc3Sc3ccc(S(=O)(=O)N(C)C)cc32)CC1. The molecule has 0 spiro atoms.